The van der Waals surface area contributed by atoms with Gasteiger partial charge in [-0.1, -0.05) is 18.2 Å². The van der Waals surface area contributed by atoms with Gasteiger partial charge >= 0.3 is 0 Å². The highest BCUT2D eigenvalue weighted by Gasteiger charge is 2.16. The number of hydrogen-bond donors (Lipinski definition) is 0. The molecule has 0 aliphatic carbocycles. The standard InChI is InChI=1S/C22H24N2O2S2/c1-16-10-17(2)12-19(11-16)26-9-8-24(3)22(25)20-6-4-5-7-21(20)28-14-18-13-27-15-23-18/h4-7,10-13,15H,8-9,14H2,1-3H3. The average molecular weight is 413 g/mol. The van der Waals surface area contributed by atoms with Crippen LogP contribution in [0.15, 0.2) is 58.3 Å². The molecule has 28 heavy (non-hydrogen) atoms. The Labute approximate surface area is 174 Å². The summed E-state index contributed by atoms with van der Waals surface area (Å²) in [5.74, 6) is 1.61. The predicted molar refractivity (Wildman–Crippen MR) is 116 cm³/mol. The number of likely N-dealkylation sites (N-methyl/N-ethyl adjacent to an activating group) is 1. The zero-order chi connectivity index (χ0) is 19.9. The lowest BCUT2D eigenvalue weighted by Crippen LogP contribution is -2.31. The molecule has 0 atom stereocenters. The van der Waals surface area contributed by atoms with Crippen molar-refractivity contribution in [3.05, 3.63) is 75.7 Å². The fourth-order valence-electron chi connectivity index (χ4n) is 2.85. The number of thioether (sulfide) groups is 1. The SMILES string of the molecule is Cc1cc(C)cc(OCCN(C)C(=O)c2ccccc2SCc2cscn2)c1. The number of carbonyl (C=O) groups is 1. The lowest BCUT2D eigenvalue weighted by molar-refractivity contribution is 0.0770. The molecular formula is C22H24N2O2S2. The highest BCUT2D eigenvalue weighted by Crippen LogP contribution is 2.27. The van der Waals surface area contributed by atoms with Crippen LogP contribution < -0.4 is 4.74 Å². The van der Waals surface area contributed by atoms with E-state index in [1.54, 1.807) is 28.0 Å². The Morgan fingerprint density at radius 2 is 1.93 bits per heavy atom. The van der Waals surface area contributed by atoms with Crippen molar-refractivity contribution in [1.29, 1.82) is 0 Å². The van der Waals surface area contributed by atoms with Crippen LogP contribution in [0.25, 0.3) is 0 Å². The number of benzene rings is 2. The molecule has 2 aromatic carbocycles. The van der Waals surface area contributed by atoms with Gasteiger partial charge < -0.3 is 9.64 Å². The number of aryl methyl sites for hydroxylation is 2. The largest absolute Gasteiger partial charge is 0.492 e. The van der Waals surface area contributed by atoms with E-state index >= 15 is 0 Å². The van der Waals surface area contributed by atoms with Crippen molar-refractivity contribution in [2.75, 3.05) is 20.2 Å². The number of hydrogen-bond acceptors (Lipinski definition) is 5. The zero-order valence-corrected chi connectivity index (χ0v) is 18.0. The second-order valence-corrected chi connectivity index (χ2v) is 8.40. The van der Waals surface area contributed by atoms with E-state index in [-0.39, 0.29) is 5.91 Å². The second-order valence-electron chi connectivity index (χ2n) is 6.66. The number of carbonyl (C=O) groups excluding carboxylic acids is 1. The first-order valence-electron chi connectivity index (χ1n) is 9.08. The van der Waals surface area contributed by atoms with Gasteiger partial charge in [-0.15, -0.1) is 23.1 Å². The van der Waals surface area contributed by atoms with Gasteiger partial charge in [-0.2, -0.15) is 0 Å². The van der Waals surface area contributed by atoms with E-state index in [1.807, 2.05) is 54.3 Å². The summed E-state index contributed by atoms with van der Waals surface area (Å²) in [5.41, 5.74) is 5.93. The number of rotatable bonds is 8. The number of nitrogens with zero attached hydrogens (tertiary/aromatic N) is 2. The molecule has 0 unspecified atom stereocenters. The van der Waals surface area contributed by atoms with Crippen LogP contribution in [0.2, 0.25) is 0 Å². The number of amides is 1. The topological polar surface area (TPSA) is 42.4 Å². The average Bonchev–Trinajstić information content (AvgIpc) is 3.19. The van der Waals surface area contributed by atoms with Crippen molar-refractivity contribution >= 4 is 29.0 Å². The minimum absolute atomic E-state index is 0.00500. The Morgan fingerprint density at radius 1 is 1.18 bits per heavy atom. The lowest BCUT2D eigenvalue weighted by Gasteiger charge is -2.19. The number of ether oxygens (including phenoxy) is 1. The molecule has 3 aromatic rings. The molecule has 0 saturated carbocycles. The maximum Gasteiger partial charge on any atom is 0.254 e. The van der Waals surface area contributed by atoms with Gasteiger partial charge in [-0.3, -0.25) is 4.79 Å². The third kappa shape index (κ3) is 5.59. The molecule has 0 bridgehead atoms. The first kappa shape index (κ1) is 20.4. The zero-order valence-electron chi connectivity index (χ0n) is 16.3. The van der Waals surface area contributed by atoms with Crippen LogP contribution in [0.5, 0.6) is 5.75 Å². The van der Waals surface area contributed by atoms with Gasteiger partial charge in [0, 0.05) is 23.1 Å². The Kier molecular flexibility index (Phi) is 7.12. The van der Waals surface area contributed by atoms with Gasteiger partial charge in [-0.25, -0.2) is 4.98 Å². The molecule has 146 valence electrons. The van der Waals surface area contributed by atoms with E-state index in [0.717, 1.165) is 27.7 Å². The van der Waals surface area contributed by atoms with Crippen LogP contribution in [0.3, 0.4) is 0 Å². The van der Waals surface area contributed by atoms with Crippen LogP contribution in [0.4, 0.5) is 0 Å². The van der Waals surface area contributed by atoms with Gasteiger partial charge in [0.05, 0.1) is 23.3 Å². The third-order valence-corrected chi connectivity index (χ3v) is 5.96. The predicted octanol–water partition coefficient (Wildman–Crippen LogP) is 5.20. The van der Waals surface area contributed by atoms with Gasteiger partial charge in [0.2, 0.25) is 0 Å². The number of aromatic nitrogens is 1. The molecule has 0 aliphatic rings. The molecule has 0 N–H and O–H groups in total. The normalized spacial score (nSPS) is 10.7. The van der Waals surface area contributed by atoms with Crippen molar-refractivity contribution in [1.82, 2.24) is 9.88 Å². The van der Waals surface area contributed by atoms with Crippen LogP contribution >= 0.6 is 23.1 Å². The lowest BCUT2D eigenvalue weighted by atomic mass is 10.1. The molecule has 0 fully saturated rings. The summed E-state index contributed by atoms with van der Waals surface area (Å²) >= 11 is 3.23. The maximum atomic E-state index is 12.9. The summed E-state index contributed by atoms with van der Waals surface area (Å²) in [6, 6.07) is 13.9. The van der Waals surface area contributed by atoms with Crippen LogP contribution in [0, 0.1) is 13.8 Å². The van der Waals surface area contributed by atoms with E-state index in [9.17, 15) is 4.79 Å². The fourth-order valence-corrected chi connectivity index (χ4v) is 4.46. The molecule has 0 spiro atoms. The van der Waals surface area contributed by atoms with Gasteiger partial charge in [0.25, 0.3) is 5.91 Å². The van der Waals surface area contributed by atoms with Crippen LogP contribution in [-0.4, -0.2) is 36.0 Å². The Hall–Kier alpha value is -2.31. The minimum Gasteiger partial charge on any atom is -0.492 e. The quantitative estimate of drug-likeness (QED) is 0.477. The molecule has 0 aliphatic heterocycles. The summed E-state index contributed by atoms with van der Waals surface area (Å²) in [5, 5.41) is 2.04. The maximum absolute atomic E-state index is 12.9. The summed E-state index contributed by atoms with van der Waals surface area (Å²) < 4.78 is 5.84. The molecular weight excluding hydrogens is 388 g/mol. The van der Waals surface area contributed by atoms with E-state index in [0.29, 0.717) is 13.2 Å². The van der Waals surface area contributed by atoms with Gasteiger partial charge in [0.15, 0.2) is 0 Å². The first-order valence-corrected chi connectivity index (χ1v) is 11.0. The van der Waals surface area contributed by atoms with E-state index < -0.39 is 0 Å². The third-order valence-electron chi connectivity index (χ3n) is 4.21. The Bertz CT molecular complexity index is 906. The molecule has 3 rings (SSSR count). The van der Waals surface area contributed by atoms with E-state index in [1.165, 1.54) is 11.1 Å². The summed E-state index contributed by atoms with van der Waals surface area (Å²) in [7, 11) is 1.81. The summed E-state index contributed by atoms with van der Waals surface area (Å²) in [4.78, 5) is 19.9. The van der Waals surface area contributed by atoms with Crippen molar-refractivity contribution in [3.8, 4) is 5.75 Å². The molecule has 0 saturated heterocycles. The highest BCUT2D eigenvalue weighted by atomic mass is 32.2. The van der Waals surface area contributed by atoms with E-state index in [4.69, 9.17) is 4.74 Å². The van der Waals surface area contributed by atoms with Crippen molar-refractivity contribution in [2.24, 2.45) is 0 Å². The highest BCUT2D eigenvalue weighted by molar-refractivity contribution is 7.98. The van der Waals surface area contributed by atoms with Crippen LogP contribution in [-0.2, 0) is 5.75 Å². The van der Waals surface area contributed by atoms with Gasteiger partial charge in [-0.05, 0) is 49.2 Å². The van der Waals surface area contributed by atoms with Crippen molar-refractivity contribution in [3.63, 3.8) is 0 Å². The molecule has 0 radical (unpaired) electrons. The summed E-state index contributed by atoms with van der Waals surface area (Å²) in [6.45, 7) is 5.08. The fraction of sp³-hybridized carbons (Fsp3) is 0.273. The first-order chi connectivity index (χ1) is 13.5. The van der Waals surface area contributed by atoms with Crippen LogP contribution in [0.1, 0.15) is 27.2 Å². The number of thiazole rings is 1. The van der Waals surface area contributed by atoms with Gasteiger partial charge in [0.1, 0.15) is 12.4 Å². The molecule has 1 heterocycles. The van der Waals surface area contributed by atoms with Crippen molar-refractivity contribution in [2.45, 2.75) is 24.5 Å². The summed E-state index contributed by atoms with van der Waals surface area (Å²) in [6.07, 6.45) is 0. The monoisotopic (exact) mass is 412 g/mol. The Morgan fingerprint density at radius 3 is 2.64 bits per heavy atom. The molecule has 1 aromatic heterocycles. The second kappa shape index (κ2) is 9.75. The Balaban J connectivity index is 1.58. The molecule has 4 nitrogen and oxygen atoms in total. The van der Waals surface area contributed by atoms with Crippen molar-refractivity contribution < 1.29 is 9.53 Å². The van der Waals surface area contributed by atoms with E-state index in [2.05, 4.69) is 24.9 Å². The minimum atomic E-state index is 0.00500. The smallest absolute Gasteiger partial charge is 0.254 e. The molecule has 6 heteroatoms. The molecule has 1 amide bonds.